The summed E-state index contributed by atoms with van der Waals surface area (Å²) in [5.41, 5.74) is 1.65. The molecule has 1 aliphatic carbocycles. The number of allylic oxidation sites excluding steroid dienone is 4. The fourth-order valence-electron chi connectivity index (χ4n) is 1.42. The second-order valence-corrected chi connectivity index (χ2v) is 4.12. The summed E-state index contributed by atoms with van der Waals surface area (Å²) in [5.74, 6) is 0. The summed E-state index contributed by atoms with van der Waals surface area (Å²) in [6.45, 7) is 6.34. The molecule has 0 N–H and O–H groups in total. The van der Waals surface area contributed by atoms with Crippen LogP contribution in [0.25, 0.3) is 0 Å². The first kappa shape index (κ1) is 11.6. The molecule has 0 fully saturated rings. The molecule has 2 rings (SSSR count). The van der Waals surface area contributed by atoms with Crippen LogP contribution in [0.4, 0.5) is 0 Å². The summed E-state index contributed by atoms with van der Waals surface area (Å²) in [5, 5.41) is 0. The van der Waals surface area contributed by atoms with Gasteiger partial charge in [0.1, 0.15) is 0 Å². The molecule has 78 valence electrons. The SMILES string of the molecule is C/C=C\C1(C)C=CC1.Cc1cc#ccc1. The van der Waals surface area contributed by atoms with Gasteiger partial charge in [-0.25, -0.2) is 0 Å². The van der Waals surface area contributed by atoms with E-state index in [0.717, 1.165) is 0 Å². The van der Waals surface area contributed by atoms with Crippen molar-refractivity contribution in [2.45, 2.75) is 27.2 Å². The zero-order valence-corrected chi connectivity index (χ0v) is 9.75. The molecule has 0 spiro atoms. The molecule has 0 aliphatic heterocycles. The summed E-state index contributed by atoms with van der Waals surface area (Å²) < 4.78 is 0. The van der Waals surface area contributed by atoms with Crippen LogP contribution < -0.4 is 0 Å². The third kappa shape index (κ3) is 4.04. The predicted molar refractivity (Wildman–Crippen MR) is 65.5 cm³/mol. The second kappa shape index (κ2) is 5.41. The van der Waals surface area contributed by atoms with E-state index in [4.69, 9.17) is 0 Å². The van der Waals surface area contributed by atoms with Crippen molar-refractivity contribution in [1.29, 1.82) is 0 Å². The van der Waals surface area contributed by atoms with Crippen molar-refractivity contribution in [2.75, 3.05) is 0 Å². The Morgan fingerprint density at radius 3 is 2.33 bits per heavy atom. The van der Waals surface area contributed by atoms with Crippen LogP contribution in [0, 0.1) is 24.5 Å². The van der Waals surface area contributed by atoms with Crippen molar-refractivity contribution < 1.29 is 0 Å². The molecule has 1 atom stereocenters. The first-order chi connectivity index (χ1) is 7.16. The summed E-state index contributed by atoms with van der Waals surface area (Å²) in [6.07, 6.45) is 10.0. The van der Waals surface area contributed by atoms with Crippen LogP contribution in [-0.4, -0.2) is 0 Å². The normalized spacial score (nSPS) is 22.6. The van der Waals surface area contributed by atoms with Crippen LogP contribution in [0.3, 0.4) is 0 Å². The van der Waals surface area contributed by atoms with Gasteiger partial charge in [-0.3, -0.25) is 0 Å². The van der Waals surface area contributed by atoms with E-state index >= 15 is 0 Å². The van der Waals surface area contributed by atoms with E-state index in [0.29, 0.717) is 5.41 Å². The van der Waals surface area contributed by atoms with Gasteiger partial charge in [-0.05, 0) is 38.0 Å². The van der Waals surface area contributed by atoms with Gasteiger partial charge < -0.3 is 0 Å². The van der Waals surface area contributed by atoms with E-state index in [9.17, 15) is 0 Å². The molecule has 0 saturated heterocycles. The van der Waals surface area contributed by atoms with Gasteiger partial charge in [0.2, 0.25) is 0 Å². The number of hydrogen-bond acceptors (Lipinski definition) is 0. The molecule has 0 heterocycles. The highest BCUT2D eigenvalue weighted by Crippen LogP contribution is 2.33. The first-order valence-corrected chi connectivity index (χ1v) is 5.32. The van der Waals surface area contributed by atoms with Crippen LogP contribution in [-0.2, 0) is 0 Å². The van der Waals surface area contributed by atoms with Crippen molar-refractivity contribution in [1.82, 2.24) is 0 Å². The van der Waals surface area contributed by atoms with Crippen molar-refractivity contribution in [3.8, 4) is 0 Å². The van der Waals surface area contributed by atoms with E-state index in [1.807, 2.05) is 25.1 Å². The van der Waals surface area contributed by atoms with Gasteiger partial charge in [0.25, 0.3) is 0 Å². The van der Waals surface area contributed by atoms with E-state index < -0.39 is 0 Å². The van der Waals surface area contributed by atoms with Gasteiger partial charge in [0, 0.05) is 5.41 Å². The van der Waals surface area contributed by atoms with Crippen LogP contribution in [0.15, 0.2) is 42.5 Å². The fourth-order valence-corrected chi connectivity index (χ4v) is 1.42. The lowest BCUT2D eigenvalue weighted by Gasteiger charge is -2.27. The molecular weight excluding hydrogens is 180 g/mol. The standard InChI is InChI=1S/C8H12.C7H6/c1-3-5-8(2)6-4-7-8;1-7-5-3-2-4-6-7/h3-6H,7H2,1-2H3;3,5-6H,1H3/b5-3-;. The van der Waals surface area contributed by atoms with Crippen molar-refractivity contribution in [3.05, 3.63) is 60.2 Å². The molecule has 1 aliphatic rings. The van der Waals surface area contributed by atoms with Crippen LogP contribution in [0.5, 0.6) is 0 Å². The highest BCUT2D eigenvalue weighted by atomic mass is 14.2. The topological polar surface area (TPSA) is 0 Å². The average Bonchev–Trinajstić information content (AvgIpc) is 2.18. The third-order valence-corrected chi connectivity index (χ3v) is 2.42. The maximum absolute atomic E-state index is 2.84. The Hall–Kier alpha value is -1.48. The first-order valence-electron chi connectivity index (χ1n) is 5.32. The Balaban J connectivity index is 0.000000151. The van der Waals surface area contributed by atoms with Crippen LogP contribution >= 0.6 is 0 Å². The quantitative estimate of drug-likeness (QED) is 0.595. The minimum absolute atomic E-state index is 0.411. The molecule has 0 saturated carbocycles. The van der Waals surface area contributed by atoms with E-state index in [-0.39, 0.29) is 0 Å². The lowest BCUT2D eigenvalue weighted by molar-refractivity contribution is 0.510. The minimum atomic E-state index is 0.411. The van der Waals surface area contributed by atoms with Crippen LogP contribution in [0.1, 0.15) is 25.8 Å². The molecule has 0 nitrogen and oxygen atoms in total. The lowest BCUT2D eigenvalue weighted by Crippen LogP contribution is -2.14. The van der Waals surface area contributed by atoms with Gasteiger partial charge in [-0.1, -0.05) is 49.4 Å². The number of rotatable bonds is 1. The predicted octanol–water partition coefficient (Wildman–Crippen LogP) is 4.12. The Labute approximate surface area is 93.3 Å². The highest BCUT2D eigenvalue weighted by molar-refractivity contribution is 5.19. The van der Waals surface area contributed by atoms with Crippen molar-refractivity contribution >= 4 is 0 Å². The van der Waals surface area contributed by atoms with Crippen molar-refractivity contribution in [3.63, 3.8) is 0 Å². The molecule has 0 aromatic heterocycles. The van der Waals surface area contributed by atoms with Gasteiger partial charge >= 0.3 is 0 Å². The second-order valence-electron chi connectivity index (χ2n) is 4.12. The lowest BCUT2D eigenvalue weighted by atomic mass is 9.78. The Morgan fingerprint density at radius 1 is 1.40 bits per heavy atom. The number of aryl methyl sites for hydroxylation is 1. The van der Waals surface area contributed by atoms with Gasteiger partial charge in [0.15, 0.2) is 0 Å². The van der Waals surface area contributed by atoms with Gasteiger partial charge in [-0.2, -0.15) is 0 Å². The smallest absolute Gasteiger partial charge is 0.00670 e. The molecular formula is C15H18. The molecule has 1 unspecified atom stereocenters. The molecule has 0 amide bonds. The van der Waals surface area contributed by atoms with Crippen molar-refractivity contribution in [2.24, 2.45) is 5.41 Å². The third-order valence-electron chi connectivity index (χ3n) is 2.42. The summed E-state index contributed by atoms with van der Waals surface area (Å²) >= 11 is 0. The zero-order valence-electron chi connectivity index (χ0n) is 9.75. The van der Waals surface area contributed by atoms with Crippen LogP contribution in [0.2, 0.25) is 0 Å². The summed E-state index contributed by atoms with van der Waals surface area (Å²) in [6, 6.07) is 11.4. The molecule has 1 aromatic carbocycles. The molecule has 0 heteroatoms. The molecule has 0 bridgehead atoms. The largest absolute Gasteiger partial charge is 0.0908 e. The van der Waals surface area contributed by atoms with E-state index in [1.165, 1.54) is 12.0 Å². The summed E-state index contributed by atoms with van der Waals surface area (Å²) in [4.78, 5) is 0. The monoisotopic (exact) mass is 198 g/mol. The Bertz CT molecular complexity index is 332. The highest BCUT2D eigenvalue weighted by Gasteiger charge is 2.20. The van der Waals surface area contributed by atoms with Gasteiger partial charge in [-0.15, -0.1) is 0 Å². The maximum atomic E-state index is 2.84. The molecule has 1 aromatic rings. The minimum Gasteiger partial charge on any atom is -0.0908 e. The van der Waals surface area contributed by atoms with E-state index in [2.05, 4.69) is 50.3 Å². The number of hydrogen-bond donors (Lipinski definition) is 0. The Kier molecular flexibility index (Phi) is 4.18. The van der Waals surface area contributed by atoms with E-state index in [1.54, 1.807) is 0 Å². The molecule has 0 radical (unpaired) electrons. The van der Waals surface area contributed by atoms with Gasteiger partial charge in [0.05, 0.1) is 0 Å². The zero-order chi connectivity index (χ0) is 11.1. The Morgan fingerprint density at radius 2 is 2.13 bits per heavy atom. The molecule has 15 heavy (non-hydrogen) atoms. The maximum Gasteiger partial charge on any atom is 0.00670 e. The fraction of sp³-hybridized carbons (Fsp3) is 0.333. The average molecular weight is 198 g/mol. The summed E-state index contributed by atoms with van der Waals surface area (Å²) in [7, 11) is 0.